The first-order valence-corrected chi connectivity index (χ1v) is 4.84. The minimum Gasteiger partial charge on any atom is -0.481 e. The van der Waals surface area contributed by atoms with E-state index < -0.39 is 5.97 Å². The maximum absolute atomic E-state index is 10.4. The molecule has 1 unspecified atom stereocenters. The molecule has 0 aliphatic heterocycles. The minimum atomic E-state index is -0.714. The van der Waals surface area contributed by atoms with E-state index in [1.807, 2.05) is 0 Å². The molecule has 0 saturated heterocycles. The van der Waals surface area contributed by atoms with Gasteiger partial charge in [0.15, 0.2) is 0 Å². The van der Waals surface area contributed by atoms with Gasteiger partial charge in [-0.15, -0.1) is 0 Å². The number of hydrogen-bond donors (Lipinski definition) is 2. The van der Waals surface area contributed by atoms with Gasteiger partial charge in [-0.1, -0.05) is 6.92 Å². The Morgan fingerprint density at radius 3 is 2.31 bits per heavy atom. The van der Waals surface area contributed by atoms with Crippen molar-refractivity contribution in [2.75, 3.05) is 0 Å². The second kappa shape index (κ2) is 5.22. The third kappa shape index (κ3) is 7.78. The van der Waals surface area contributed by atoms with Gasteiger partial charge in [-0.25, -0.2) is 0 Å². The summed E-state index contributed by atoms with van der Waals surface area (Å²) in [6.07, 6.45) is 1.94. The molecule has 0 aliphatic rings. The lowest BCUT2D eigenvalue weighted by Crippen LogP contribution is -2.43. The Bertz CT molecular complexity index is 161. The standard InChI is InChI=1S/C10H21NO2/c1-5-8(6-7-9(12)13)11-10(2,3)4/h8,11H,5-7H2,1-4H3,(H,12,13). The first-order chi connectivity index (χ1) is 5.85. The van der Waals surface area contributed by atoms with Crippen LogP contribution in [0.25, 0.3) is 0 Å². The van der Waals surface area contributed by atoms with Gasteiger partial charge in [-0.3, -0.25) is 4.79 Å². The molecule has 0 bridgehead atoms. The van der Waals surface area contributed by atoms with E-state index in [-0.39, 0.29) is 12.0 Å². The van der Waals surface area contributed by atoms with E-state index in [4.69, 9.17) is 5.11 Å². The van der Waals surface area contributed by atoms with Gasteiger partial charge in [0.1, 0.15) is 0 Å². The third-order valence-electron chi connectivity index (χ3n) is 1.84. The van der Waals surface area contributed by atoms with Crippen molar-refractivity contribution < 1.29 is 9.90 Å². The lowest BCUT2D eigenvalue weighted by Gasteiger charge is -2.27. The van der Waals surface area contributed by atoms with E-state index in [2.05, 4.69) is 33.0 Å². The third-order valence-corrected chi connectivity index (χ3v) is 1.84. The quantitative estimate of drug-likeness (QED) is 0.692. The van der Waals surface area contributed by atoms with Crippen LogP contribution < -0.4 is 5.32 Å². The number of hydrogen-bond acceptors (Lipinski definition) is 2. The molecule has 0 aromatic heterocycles. The van der Waals surface area contributed by atoms with Crippen LogP contribution in [-0.2, 0) is 4.79 Å². The highest BCUT2D eigenvalue weighted by atomic mass is 16.4. The van der Waals surface area contributed by atoms with Crippen LogP contribution in [-0.4, -0.2) is 22.7 Å². The van der Waals surface area contributed by atoms with Crippen molar-refractivity contribution in [3.05, 3.63) is 0 Å². The fraction of sp³-hybridized carbons (Fsp3) is 0.900. The van der Waals surface area contributed by atoms with Crippen molar-refractivity contribution in [2.45, 2.75) is 58.5 Å². The van der Waals surface area contributed by atoms with E-state index in [1.54, 1.807) is 0 Å². The van der Waals surface area contributed by atoms with Crippen molar-refractivity contribution in [1.29, 1.82) is 0 Å². The SMILES string of the molecule is CCC(CCC(=O)O)NC(C)(C)C. The summed E-state index contributed by atoms with van der Waals surface area (Å²) < 4.78 is 0. The molecule has 0 aromatic carbocycles. The molecule has 2 N–H and O–H groups in total. The number of carbonyl (C=O) groups is 1. The predicted octanol–water partition coefficient (Wildman–Crippen LogP) is 2.02. The van der Waals surface area contributed by atoms with Gasteiger partial charge in [-0.2, -0.15) is 0 Å². The normalized spacial score (nSPS) is 14.2. The molecule has 0 fully saturated rings. The average Bonchev–Trinajstić information content (AvgIpc) is 1.95. The number of aliphatic carboxylic acids is 1. The molecule has 3 nitrogen and oxygen atoms in total. The van der Waals surface area contributed by atoms with E-state index in [1.165, 1.54) is 0 Å². The summed E-state index contributed by atoms with van der Waals surface area (Å²) >= 11 is 0. The number of nitrogens with one attached hydrogen (secondary N) is 1. The molecule has 0 heterocycles. The Kier molecular flexibility index (Phi) is 4.99. The molecule has 0 aromatic rings. The Labute approximate surface area is 80.5 Å². The topological polar surface area (TPSA) is 49.3 Å². The summed E-state index contributed by atoms with van der Waals surface area (Å²) in [5.74, 6) is -0.714. The first-order valence-electron chi connectivity index (χ1n) is 4.84. The van der Waals surface area contributed by atoms with Gasteiger partial charge in [0.25, 0.3) is 0 Å². The van der Waals surface area contributed by atoms with Gasteiger partial charge in [0.05, 0.1) is 0 Å². The second-order valence-corrected chi connectivity index (χ2v) is 4.43. The molecule has 78 valence electrons. The maximum atomic E-state index is 10.4. The van der Waals surface area contributed by atoms with E-state index in [0.717, 1.165) is 6.42 Å². The zero-order valence-corrected chi connectivity index (χ0v) is 9.05. The zero-order chi connectivity index (χ0) is 10.5. The van der Waals surface area contributed by atoms with Gasteiger partial charge >= 0.3 is 5.97 Å². The maximum Gasteiger partial charge on any atom is 0.303 e. The highest BCUT2D eigenvalue weighted by molar-refractivity contribution is 5.66. The summed E-state index contributed by atoms with van der Waals surface area (Å²) in [6, 6.07) is 0.316. The van der Waals surface area contributed by atoms with Crippen LogP contribution in [0.2, 0.25) is 0 Å². The van der Waals surface area contributed by atoms with Crippen molar-refractivity contribution >= 4 is 5.97 Å². The molecule has 0 amide bonds. The van der Waals surface area contributed by atoms with Crippen LogP contribution in [0.4, 0.5) is 0 Å². The second-order valence-electron chi connectivity index (χ2n) is 4.43. The van der Waals surface area contributed by atoms with Gasteiger partial charge in [0, 0.05) is 18.0 Å². The van der Waals surface area contributed by atoms with E-state index in [9.17, 15) is 4.79 Å². The van der Waals surface area contributed by atoms with Crippen molar-refractivity contribution in [2.24, 2.45) is 0 Å². The van der Waals surface area contributed by atoms with Gasteiger partial charge in [-0.05, 0) is 33.6 Å². The molecular formula is C10H21NO2. The zero-order valence-electron chi connectivity index (χ0n) is 9.05. The largest absolute Gasteiger partial charge is 0.481 e. The van der Waals surface area contributed by atoms with Crippen LogP contribution >= 0.6 is 0 Å². The first kappa shape index (κ1) is 12.4. The predicted molar refractivity (Wildman–Crippen MR) is 53.8 cm³/mol. The van der Waals surface area contributed by atoms with Crippen molar-refractivity contribution in [1.82, 2.24) is 5.32 Å². The fourth-order valence-electron chi connectivity index (χ4n) is 1.29. The van der Waals surface area contributed by atoms with Crippen molar-refractivity contribution in [3.8, 4) is 0 Å². The summed E-state index contributed by atoms with van der Waals surface area (Å²) in [4.78, 5) is 10.4. The van der Waals surface area contributed by atoms with E-state index >= 15 is 0 Å². The van der Waals surface area contributed by atoms with Gasteiger partial charge in [0.2, 0.25) is 0 Å². The number of carboxylic acid groups (broad SMARTS) is 1. The molecule has 13 heavy (non-hydrogen) atoms. The summed E-state index contributed by atoms with van der Waals surface area (Å²) in [6.45, 7) is 8.36. The van der Waals surface area contributed by atoms with Crippen LogP contribution in [0.5, 0.6) is 0 Å². The number of carboxylic acids is 1. The molecule has 3 heteroatoms. The smallest absolute Gasteiger partial charge is 0.303 e. The Morgan fingerprint density at radius 1 is 1.46 bits per heavy atom. The van der Waals surface area contributed by atoms with Crippen LogP contribution in [0.15, 0.2) is 0 Å². The molecule has 1 atom stereocenters. The summed E-state index contributed by atoms with van der Waals surface area (Å²) in [5.41, 5.74) is 0.0686. The number of rotatable bonds is 5. The highest BCUT2D eigenvalue weighted by Gasteiger charge is 2.16. The summed E-state index contributed by atoms with van der Waals surface area (Å²) in [5, 5.41) is 11.9. The average molecular weight is 187 g/mol. The molecule has 0 rings (SSSR count). The van der Waals surface area contributed by atoms with Crippen LogP contribution in [0.1, 0.15) is 47.0 Å². The highest BCUT2D eigenvalue weighted by Crippen LogP contribution is 2.08. The molecular weight excluding hydrogens is 166 g/mol. The lowest BCUT2D eigenvalue weighted by atomic mass is 10.0. The Balaban J connectivity index is 3.83. The van der Waals surface area contributed by atoms with Gasteiger partial charge < -0.3 is 10.4 Å². The molecule has 0 saturated carbocycles. The fourth-order valence-corrected chi connectivity index (χ4v) is 1.29. The minimum absolute atomic E-state index is 0.0686. The van der Waals surface area contributed by atoms with E-state index in [0.29, 0.717) is 12.5 Å². The Morgan fingerprint density at radius 2 is 2.00 bits per heavy atom. The summed E-state index contributed by atoms with van der Waals surface area (Å²) in [7, 11) is 0. The monoisotopic (exact) mass is 187 g/mol. The Hall–Kier alpha value is -0.570. The molecule has 0 radical (unpaired) electrons. The van der Waals surface area contributed by atoms with Crippen LogP contribution in [0.3, 0.4) is 0 Å². The van der Waals surface area contributed by atoms with Crippen LogP contribution in [0, 0.1) is 0 Å². The lowest BCUT2D eigenvalue weighted by molar-refractivity contribution is -0.137. The van der Waals surface area contributed by atoms with Crippen molar-refractivity contribution in [3.63, 3.8) is 0 Å². The molecule has 0 spiro atoms. The molecule has 0 aliphatic carbocycles.